The van der Waals surface area contributed by atoms with Crippen LogP contribution in [0.3, 0.4) is 0 Å². The van der Waals surface area contributed by atoms with Crippen molar-refractivity contribution in [1.29, 1.82) is 0 Å². The Morgan fingerprint density at radius 2 is 1.90 bits per heavy atom. The van der Waals surface area contributed by atoms with Crippen LogP contribution >= 0.6 is 7.60 Å². The van der Waals surface area contributed by atoms with Gasteiger partial charge < -0.3 is 9.05 Å². The molecule has 4 heteroatoms. The summed E-state index contributed by atoms with van der Waals surface area (Å²) < 4.78 is 21.6. The zero-order valence-corrected chi connectivity index (χ0v) is 14.0. The van der Waals surface area contributed by atoms with Crippen molar-refractivity contribution in [3.63, 3.8) is 0 Å². The molecule has 0 bridgehead atoms. The molecule has 1 atom stereocenters. The molecule has 0 aromatic rings. The van der Waals surface area contributed by atoms with E-state index >= 15 is 0 Å². The van der Waals surface area contributed by atoms with Gasteiger partial charge in [0, 0.05) is 14.2 Å². The Labute approximate surface area is 124 Å². The van der Waals surface area contributed by atoms with E-state index < -0.39 is 7.60 Å². The fourth-order valence-electron chi connectivity index (χ4n) is 2.34. The van der Waals surface area contributed by atoms with Crippen LogP contribution in [0.1, 0.15) is 45.4 Å². The third-order valence-electron chi connectivity index (χ3n) is 3.86. The maximum Gasteiger partial charge on any atom is 0.333 e. The zero-order valence-electron chi connectivity index (χ0n) is 13.1. The van der Waals surface area contributed by atoms with Crippen molar-refractivity contribution in [2.75, 3.05) is 20.4 Å². The van der Waals surface area contributed by atoms with Crippen LogP contribution in [0, 0.1) is 11.8 Å². The predicted molar refractivity (Wildman–Crippen MR) is 85.1 cm³/mol. The summed E-state index contributed by atoms with van der Waals surface area (Å²) in [5.41, 5.74) is 0. The molecule has 0 heterocycles. The Bertz CT molecular complexity index is 351. The molecule has 3 nitrogen and oxygen atoms in total. The molecular formula is C16H29O3P. The van der Waals surface area contributed by atoms with Gasteiger partial charge in [0.25, 0.3) is 0 Å². The Morgan fingerprint density at radius 3 is 2.45 bits per heavy atom. The molecule has 0 spiro atoms. The van der Waals surface area contributed by atoms with Gasteiger partial charge in [0.1, 0.15) is 0 Å². The molecule has 1 aliphatic rings. The Balaban J connectivity index is 2.34. The van der Waals surface area contributed by atoms with Gasteiger partial charge in [-0.1, -0.05) is 50.5 Å². The van der Waals surface area contributed by atoms with Crippen molar-refractivity contribution in [1.82, 2.24) is 0 Å². The highest BCUT2D eigenvalue weighted by molar-refractivity contribution is 7.54. The number of rotatable bonds is 11. The monoisotopic (exact) mass is 300 g/mol. The summed E-state index contributed by atoms with van der Waals surface area (Å²) >= 11 is 0. The summed E-state index contributed by atoms with van der Waals surface area (Å²) in [5.74, 6) is 1.63. The second-order valence-corrected chi connectivity index (χ2v) is 7.79. The third-order valence-corrected chi connectivity index (χ3v) is 5.63. The van der Waals surface area contributed by atoms with Gasteiger partial charge in [0.2, 0.25) is 0 Å². The SMILES string of the molecule is CCCCCC(/C=C/C=C\CP(=O)(OC)OC)C1CC1. The van der Waals surface area contributed by atoms with E-state index in [1.54, 1.807) is 0 Å². The van der Waals surface area contributed by atoms with Gasteiger partial charge in [0.05, 0.1) is 6.16 Å². The topological polar surface area (TPSA) is 35.5 Å². The average Bonchev–Trinajstić information content (AvgIpc) is 3.29. The molecule has 0 aromatic carbocycles. The standard InChI is InChI=1S/C16H29O3P/c1-4-5-7-10-15(16-12-13-16)11-8-6-9-14-20(17,18-2)19-3/h6,8-9,11,15-16H,4-5,7,10,12-14H2,1-3H3/b9-6-,11-8+. The minimum absolute atomic E-state index is 0.328. The summed E-state index contributed by atoms with van der Waals surface area (Å²) in [6.07, 6.45) is 16.6. The van der Waals surface area contributed by atoms with Crippen molar-refractivity contribution in [2.45, 2.75) is 45.4 Å². The van der Waals surface area contributed by atoms with Crippen LogP contribution in [0.15, 0.2) is 24.3 Å². The number of allylic oxidation sites excluding steroid dienone is 4. The molecule has 1 aliphatic carbocycles. The second kappa shape index (κ2) is 9.55. The first-order valence-electron chi connectivity index (χ1n) is 7.69. The summed E-state index contributed by atoms with van der Waals surface area (Å²) in [5, 5.41) is 0. The molecule has 0 saturated heterocycles. The van der Waals surface area contributed by atoms with Crippen LogP contribution < -0.4 is 0 Å². The molecule has 0 N–H and O–H groups in total. The molecular weight excluding hydrogens is 271 g/mol. The first kappa shape index (κ1) is 17.7. The Kier molecular flexibility index (Phi) is 8.44. The van der Waals surface area contributed by atoms with Crippen molar-refractivity contribution in [2.24, 2.45) is 11.8 Å². The van der Waals surface area contributed by atoms with Gasteiger partial charge in [-0.25, -0.2) is 0 Å². The molecule has 0 radical (unpaired) electrons. The van der Waals surface area contributed by atoms with Gasteiger partial charge in [0.15, 0.2) is 0 Å². The highest BCUT2D eigenvalue weighted by Crippen LogP contribution is 2.46. The van der Waals surface area contributed by atoms with E-state index in [1.807, 2.05) is 12.2 Å². The lowest BCUT2D eigenvalue weighted by Gasteiger charge is -2.11. The fraction of sp³-hybridized carbons (Fsp3) is 0.750. The summed E-state index contributed by atoms with van der Waals surface area (Å²) in [4.78, 5) is 0. The van der Waals surface area contributed by atoms with Crippen LogP contribution in [-0.4, -0.2) is 20.4 Å². The van der Waals surface area contributed by atoms with Crippen molar-refractivity contribution in [3.8, 4) is 0 Å². The molecule has 1 rings (SSSR count). The summed E-state index contributed by atoms with van der Waals surface area (Å²) in [6.45, 7) is 2.24. The van der Waals surface area contributed by atoms with Crippen LogP contribution in [0.25, 0.3) is 0 Å². The van der Waals surface area contributed by atoms with E-state index in [2.05, 4.69) is 19.1 Å². The lowest BCUT2D eigenvalue weighted by molar-refractivity contribution is 0.279. The van der Waals surface area contributed by atoms with E-state index in [0.717, 1.165) is 11.8 Å². The fourth-order valence-corrected chi connectivity index (χ4v) is 3.17. The third kappa shape index (κ3) is 6.88. The molecule has 1 fully saturated rings. The van der Waals surface area contributed by atoms with Gasteiger partial charge in [-0.15, -0.1) is 0 Å². The first-order chi connectivity index (χ1) is 9.65. The minimum atomic E-state index is -2.89. The lowest BCUT2D eigenvalue weighted by atomic mass is 9.96. The normalized spacial score (nSPS) is 18.1. The highest BCUT2D eigenvalue weighted by atomic mass is 31.2. The van der Waals surface area contributed by atoms with Crippen molar-refractivity contribution < 1.29 is 13.6 Å². The van der Waals surface area contributed by atoms with Crippen LogP contribution in [0.5, 0.6) is 0 Å². The smallest absolute Gasteiger partial charge is 0.312 e. The summed E-state index contributed by atoms with van der Waals surface area (Å²) in [6, 6.07) is 0. The molecule has 1 unspecified atom stereocenters. The van der Waals surface area contributed by atoms with E-state index in [-0.39, 0.29) is 0 Å². The number of hydrogen-bond acceptors (Lipinski definition) is 3. The zero-order chi connectivity index (χ0) is 14.8. The highest BCUT2D eigenvalue weighted by Gasteiger charge is 2.28. The largest absolute Gasteiger partial charge is 0.333 e. The van der Waals surface area contributed by atoms with Gasteiger partial charge in [-0.05, 0) is 31.1 Å². The molecule has 20 heavy (non-hydrogen) atoms. The van der Waals surface area contributed by atoms with E-state index in [9.17, 15) is 4.57 Å². The van der Waals surface area contributed by atoms with Crippen LogP contribution in [0.4, 0.5) is 0 Å². The van der Waals surface area contributed by atoms with Crippen LogP contribution in [0.2, 0.25) is 0 Å². The maximum atomic E-state index is 11.8. The summed E-state index contributed by atoms with van der Waals surface area (Å²) in [7, 11) is -0.0513. The quantitative estimate of drug-likeness (QED) is 0.299. The second-order valence-electron chi connectivity index (χ2n) is 5.47. The average molecular weight is 300 g/mol. The van der Waals surface area contributed by atoms with E-state index in [4.69, 9.17) is 9.05 Å². The molecule has 1 saturated carbocycles. The molecule has 0 amide bonds. The predicted octanol–water partition coefficient (Wildman–Crippen LogP) is 5.19. The molecule has 0 aromatic heterocycles. The minimum Gasteiger partial charge on any atom is -0.312 e. The number of unbranched alkanes of at least 4 members (excludes halogenated alkanes) is 2. The number of hydrogen-bond donors (Lipinski definition) is 0. The Morgan fingerprint density at radius 1 is 1.20 bits per heavy atom. The van der Waals surface area contributed by atoms with Crippen LogP contribution in [-0.2, 0) is 13.6 Å². The van der Waals surface area contributed by atoms with Crippen molar-refractivity contribution >= 4 is 7.60 Å². The van der Waals surface area contributed by atoms with Gasteiger partial charge in [-0.2, -0.15) is 0 Å². The lowest BCUT2D eigenvalue weighted by Crippen LogP contribution is -1.98. The van der Waals surface area contributed by atoms with Gasteiger partial charge in [-0.3, -0.25) is 4.57 Å². The van der Waals surface area contributed by atoms with E-state index in [1.165, 1.54) is 52.7 Å². The van der Waals surface area contributed by atoms with Gasteiger partial charge >= 0.3 is 7.60 Å². The Hall–Kier alpha value is -0.370. The maximum absolute atomic E-state index is 11.8. The molecule has 0 aliphatic heterocycles. The first-order valence-corrected chi connectivity index (χ1v) is 9.42. The van der Waals surface area contributed by atoms with Crippen molar-refractivity contribution in [3.05, 3.63) is 24.3 Å². The molecule has 116 valence electrons. The van der Waals surface area contributed by atoms with E-state index in [0.29, 0.717) is 6.16 Å².